The molecule has 2 aromatic heterocycles. The lowest BCUT2D eigenvalue weighted by atomic mass is 10.2. The summed E-state index contributed by atoms with van der Waals surface area (Å²) in [6.07, 6.45) is 2.83. The number of benzene rings is 2. The van der Waals surface area contributed by atoms with Gasteiger partial charge in [-0.3, -0.25) is 14.2 Å². The Morgan fingerprint density at radius 1 is 1.16 bits per heavy atom. The van der Waals surface area contributed by atoms with Crippen molar-refractivity contribution in [2.45, 2.75) is 13.1 Å². The number of aromatic nitrogens is 4. The Bertz CT molecular complexity index is 1340. The van der Waals surface area contributed by atoms with Crippen LogP contribution in [-0.2, 0) is 13.1 Å². The lowest BCUT2D eigenvalue weighted by Gasteiger charge is -2.08. The number of amides is 1. The van der Waals surface area contributed by atoms with Crippen molar-refractivity contribution < 1.29 is 9.18 Å². The number of carbonyl (C=O) groups is 1. The van der Waals surface area contributed by atoms with E-state index in [1.54, 1.807) is 24.3 Å². The van der Waals surface area contributed by atoms with Gasteiger partial charge in [0.2, 0.25) is 0 Å². The van der Waals surface area contributed by atoms with Gasteiger partial charge in [-0.15, -0.1) is 0 Å². The highest BCUT2D eigenvalue weighted by Crippen LogP contribution is 2.20. The molecule has 0 radical (unpaired) electrons. The number of nitrogens with one attached hydrogen (secondary N) is 1. The zero-order valence-corrected chi connectivity index (χ0v) is 17.6. The summed E-state index contributed by atoms with van der Waals surface area (Å²) in [7, 11) is 0. The second-order valence-corrected chi connectivity index (χ2v) is 7.64. The Morgan fingerprint density at radius 2 is 2.00 bits per heavy atom. The van der Waals surface area contributed by atoms with E-state index in [4.69, 9.17) is 23.2 Å². The van der Waals surface area contributed by atoms with Crippen LogP contribution in [0.5, 0.6) is 0 Å². The van der Waals surface area contributed by atoms with Gasteiger partial charge in [-0.05, 0) is 35.9 Å². The second kappa shape index (κ2) is 8.87. The molecule has 0 spiro atoms. The Kier molecular flexibility index (Phi) is 6.01. The van der Waals surface area contributed by atoms with Crippen molar-refractivity contribution in [1.29, 1.82) is 0 Å². The lowest BCUT2D eigenvalue weighted by Crippen LogP contribution is -2.28. The number of fused-ring (bicyclic) bond motifs is 1. The monoisotopic (exact) mass is 459 g/mol. The molecule has 2 heterocycles. The zero-order chi connectivity index (χ0) is 22.0. The average molecular weight is 460 g/mol. The molecule has 7 nitrogen and oxygen atoms in total. The van der Waals surface area contributed by atoms with Crippen molar-refractivity contribution in [3.63, 3.8) is 0 Å². The number of nitrogens with zero attached hydrogens (tertiary/aromatic N) is 4. The fourth-order valence-corrected chi connectivity index (χ4v) is 3.52. The number of halogens is 3. The fraction of sp³-hybridized carbons (Fsp3) is 0.143. The van der Waals surface area contributed by atoms with Crippen LogP contribution in [0.4, 0.5) is 4.39 Å². The van der Waals surface area contributed by atoms with Crippen molar-refractivity contribution in [3.05, 3.63) is 92.3 Å². The highest BCUT2D eigenvalue weighted by molar-refractivity contribution is 6.35. The van der Waals surface area contributed by atoms with Crippen LogP contribution in [0.15, 0.2) is 59.8 Å². The Balaban J connectivity index is 1.47. The van der Waals surface area contributed by atoms with Crippen molar-refractivity contribution in [1.82, 2.24) is 24.6 Å². The van der Waals surface area contributed by atoms with Gasteiger partial charge >= 0.3 is 0 Å². The molecule has 0 atom stereocenters. The molecular weight excluding hydrogens is 444 g/mol. The minimum atomic E-state index is -0.367. The first-order valence-corrected chi connectivity index (χ1v) is 10.1. The minimum absolute atomic E-state index is 0.196. The zero-order valence-electron chi connectivity index (χ0n) is 16.1. The maximum absolute atomic E-state index is 13.4. The van der Waals surface area contributed by atoms with Gasteiger partial charge in [-0.2, -0.15) is 5.10 Å². The Morgan fingerprint density at radius 3 is 2.81 bits per heavy atom. The number of carbonyl (C=O) groups excluding carboxylic acids is 1. The maximum Gasteiger partial charge on any atom is 0.264 e. The number of hydrogen-bond donors (Lipinski definition) is 1. The van der Waals surface area contributed by atoms with Gasteiger partial charge in [0.25, 0.3) is 11.5 Å². The van der Waals surface area contributed by atoms with Crippen molar-refractivity contribution in [2.75, 3.05) is 6.54 Å². The van der Waals surface area contributed by atoms with E-state index in [9.17, 15) is 14.0 Å². The molecule has 10 heteroatoms. The molecule has 2 aromatic carbocycles. The van der Waals surface area contributed by atoms with Gasteiger partial charge in [-0.1, -0.05) is 35.3 Å². The summed E-state index contributed by atoms with van der Waals surface area (Å²) in [6.45, 7) is 0.738. The molecule has 0 aliphatic heterocycles. The summed E-state index contributed by atoms with van der Waals surface area (Å²) in [5.41, 5.74) is 1.04. The maximum atomic E-state index is 13.4. The smallest absolute Gasteiger partial charge is 0.264 e. The van der Waals surface area contributed by atoms with Crippen molar-refractivity contribution >= 4 is 40.1 Å². The molecule has 158 valence electrons. The Labute approximate surface area is 186 Å². The summed E-state index contributed by atoms with van der Waals surface area (Å²) < 4.78 is 16.3. The quantitative estimate of drug-likeness (QED) is 0.478. The van der Waals surface area contributed by atoms with Crippen LogP contribution in [0.3, 0.4) is 0 Å². The van der Waals surface area contributed by atoms with Crippen LogP contribution < -0.4 is 10.9 Å². The van der Waals surface area contributed by atoms with Gasteiger partial charge in [-0.25, -0.2) is 14.1 Å². The third-order valence-electron chi connectivity index (χ3n) is 4.65. The van der Waals surface area contributed by atoms with E-state index in [1.165, 1.54) is 40.0 Å². The summed E-state index contributed by atoms with van der Waals surface area (Å²) in [5, 5.41) is 7.99. The standard InChI is InChI=1S/C21H16Cl2FN5O2/c22-14-4-5-18(23)16(9-14)20(30)25-6-7-29-19-17(10-27-29)21(31)28(12-26-19)11-13-2-1-3-15(24)8-13/h1-5,8-10,12H,6-7,11H2,(H,25,30). The van der Waals surface area contributed by atoms with Gasteiger partial charge in [0.1, 0.15) is 17.5 Å². The molecule has 0 saturated heterocycles. The molecule has 0 aliphatic carbocycles. The number of rotatable bonds is 6. The normalized spacial score (nSPS) is 11.1. The van der Waals surface area contributed by atoms with Gasteiger partial charge in [0.15, 0.2) is 5.65 Å². The van der Waals surface area contributed by atoms with E-state index in [0.29, 0.717) is 33.2 Å². The van der Waals surface area contributed by atoms with Crippen LogP contribution in [0.25, 0.3) is 11.0 Å². The van der Waals surface area contributed by atoms with E-state index in [1.807, 2.05) is 0 Å². The summed E-state index contributed by atoms with van der Waals surface area (Å²) in [5.74, 6) is -0.733. The molecule has 4 rings (SSSR count). The first kappa shape index (κ1) is 21.0. The lowest BCUT2D eigenvalue weighted by molar-refractivity contribution is 0.0952. The first-order valence-electron chi connectivity index (χ1n) is 9.31. The third kappa shape index (κ3) is 4.60. The molecule has 1 amide bonds. The van der Waals surface area contributed by atoms with Crippen LogP contribution in [-0.4, -0.2) is 31.8 Å². The molecule has 4 aromatic rings. The van der Waals surface area contributed by atoms with E-state index in [-0.39, 0.29) is 35.9 Å². The van der Waals surface area contributed by atoms with Gasteiger partial charge < -0.3 is 5.32 Å². The topological polar surface area (TPSA) is 81.8 Å². The van der Waals surface area contributed by atoms with Crippen molar-refractivity contribution in [3.8, 4) is 0 Å². The highest BCUT2D eigenvalue weighted by atomic mass is 35.5. The SMILES string of the molecule is O=C(NCCn1ncc2c(=O)n(Cc3cccc(F)c3)cnc21)c1cc(Cl)ccc1Cl. The van der Waals surface area contributed by atoms with E-state index < -0.39 is 0 Å². The minimum Gasteiger partial charge on any atom is -0.350 e. The van der Waals surface area contributed by atoms with Crippen LogP contribution in [0, 0.1) is 5.82 Å². The summed E-state index contributed by atoms with van der Waals surface area (Å²) in [6, 6.07) is 10.7. The summed E-state index contributed by atoms with van der Waals surface area (Å²) in [4.78, 5) is 29.4. The molecular formula is C21H16Cl2FN5O2. The largest absolute Gasteiger partial charge is 0.350 e. The van der Waals surface area contributed by atoms with Gasteiger partial charge in [0.05, 0.1) is 29.9 Å². The van der Waals surface area contributed by atoms with Crippen LogP contribution >= 0.6 is 23.2 Å². The molecule has 0 bridgehead atoms. The van der Waals surface area contributed by atoms with Crippen LogP contribution in [0.1, 0.15) is 15.9 Å². The van der Waals surface area contributed by atoms with Crippen molar-refractivity contribution in [2.24, 2.45) is 0 Å². The third-order valence-corrected chi connectivity index (χ3v) is 5.21. The molecule has 0 saturated carbocycles. The molecule has 31 heavy (non-hydrogen) atoms. The van der Waals surface area contributed by atoms with E-state index in [2.05, 4.69) is 15.4 Å². The van der Waals surface area contributed by atoms with Crippen LogP contribution in [0.2, 0.25) is 10.0 Å². The van der Waals surface area contributed by atoms with Gasteiger partial charge in [0, 0.05) is 11.6 Å². The highest BCUT2D eigenvalue weighted by Gasteiger charge is 2.13. The second-order valence-electron chi connectivity index (χ2n) is 6.79. The molecule has 0 aliphatic rings. The molecule has 0 fully saturated rings. The predicted molar refractivity (Wildman–Crippen MR) is 116 cm³/mol. The number of hydrogen-bond acceptors (Lipinski definition) is 4. The first-order chi connectivity index (χ1) is 14.9. The summed E-state index contributed by atoms with van der Waals surface area (Å²) >= 11 is 12.0. The van der Waals surface area contributed by atoms with E-state index in [0.717, 1.165) is 0 Å². The predicted octanol–water partition coefficient (Wildman–Crippen LogP) is 3.52. The molecule has 1 N–H and O–H groups in total. The van der Waals surface area contributed by atoms with E-state index >= 15 is 0 Å². The average Bonchev–Trinajstić information content (AvgIpc) is 3.15. The fourth-order valence-electron chi connectivity index (χ4n) is 3.15. The molecule has 0 unspecified atom stereocenters. The Hall–Kier alpha value is -3.23.